The van der Waals surface area contributed by atoms with Gasteiger partial charge in [-0.2, -0.15) is 0 Å². The lowest BCUT2D eigenvalue weighted by molar-refractivity contribution is 0.399. The number of benzene rings is 2. The SMILES string of the molecule is CC.CC.CC.CO.CO.c1ccccc1.c1ccccc1. The van der Waals surface area contributed by atoms with Crippen molar-refractivity contribution in [3.8, 4) is 0 Å². The van der Waals surface area contributed by atoms with Crippen molar-refractivity contribution in [2.45, 2.75) is 41.5 Å². The Morgan fingerprint density at radius 1 is 0.273 bits per heavy atom. The van der Waals surface area contributed by atoms with Gasteiger partial charge in [0.2, 0.25) is 0 Å². The summed E-state index contributed by atoms with van der Waals surface area (Å²) in [5, 5.41) is 14.0. The van der Waals surface area contributed by atoms with Crippen LogP contribution in [0.2, 0.25) is 0 Å². The third-order valence-electron chi connectivity index (χ3n) is 1.33. The van der Waals surface area contributed by atoms with Gasteiger partial charge in [-0.3, -0.25) is 0 Å². The largest absolute Gasteiger partial charge is 0.400 e. The van der Waals surface area contributed by atoms with E-state index in [1.165, 1.54) is 0 Å². The van der Waals surface area contributed by atoms with Crippen LogP contribution in [-0.4, -0.2) is 24.4 Å². The molecule has 130 valence electrons. The first-order valence-corrected chi connectivity index (χ1v) is 7.89. The van der Waals surface area contributed by atoms with Crippen LogP contribution in [0.25, 0.3) is 0 Å². The number of hydrogen-bond acceptors (Lipinski definition) is 2. The van der Waals surface area contributed by atoms with Gasteiger partial charge in [-0.15, -0.1) is 0 Å². The van der Waals surface area contributed by atoms with Crippen LogP contribution in [0.15, 0.2) is 72.8 Å². The van der Waals surface area contributed by atoms with E-state index in [0.717, 1.165) is 14.2 Å². The smallest absolute Gasteiger partial charge is 0.0319 e. The van der Waals surface area contributed by atoms with Gasteiger partial charge < -0.3 is 10.2 Å². The van der Waals surface area contributed by atoms with Crippen LogP contribution in [0.5, 0.6) is 0 Å². The summed E-state index contributed by atoms with van der Waals surface area (Å²) in [5.74, 6) is 0. The van der Waals surface area contributed by atoms with Gasteiger partial charge >= 0.3 is 0 Å². The second kappa shape index (κ2) is 60.8. The topological polar surface area (TPSA) is 40.5 Å². The van der Waals surface area contributed by atoms with Crippen molar-refractivity contribution in [2.75, 3.05) is 14.2 Å². The Morgan fingerprint density at radius 3 is 0.364 bits per heavy atom. The maximum absolute atomic E-state index is 7.00. The second-order valence-electron chi connectivity index (χ2n) is 2.31. The molecule has 2 N–H and O–H groups in total. The molecule has 0 heterocycles. The van der Waals surface area contributed by atoms with E-state index in [2.05, 4.69) is 0 Å². The minimum atomic E-state index is 1.00. The van der Waals surface area contributed by atoms with Crippen molar-refractivity contribution in [1.29, 1.82) is 0 Å². The maximum Gasteiger partial charge on any atom is 0.0319 e. The fraction of sp³-hybridized carbons (Fsp3) is 0.400. The van der Waals surface area contributed by atoms with E-state index in [1.54, 1.807) is 0 Å². The van der Waals surface area contributed by atoms with Crippen LogP contribution in [0, 0.1) is 0 Å². The summed E-state index contributed by atoms with van der Waals surface area (Å²) in [6.45, 7) is 12.0. The Bertz CT molecular complexity index is 185. The van der Waals surface area contributed by atoms with Gasteiger partial charge in [0, 0.05) is 14.2 Å². The second-order valence-corrected chi connectivity index (χ2v) is 2.31. The standard InChI is InChI=1S/2C6H6.3C2H6.2CH4O/c2*1-2-4-6-5-3-1;5*1-2/h2*1-6H;3*1-2H3;2*2H,1H3. The summed E-state index contributed by atoms with van der Waals surface area (Å²) >= 11 is 0. The van der Waals surface area contributed by atoms with Crippen molar-refractivity contribution >= 4 is 0 Å². The van der Waals surface area contributed by atoms with Crippen molar-refractivity contribution < 1.29 is 10.2 Å². The molecule has 0 saturated carbocycles. The summed E-state index contributed by atoms with van der Waals surface area (Å²) in [6.07, 6.45) is 0. The number of rotatable bonds is 0. The Hall–Kier alpha value is -1.64. The summed E-state index contributed by atoms with van der Waals surface area (Å²) in [7, 11) is 2.00. The molecule has 0 atom stereocenters. The van der Waals surface area contributed by atoms with Crippen LogP contribution in [-0.2, 0) is 0 Å². The Balaban J connectivity index is -0.0000000567. The van der Waals surface area contributed by atoms with Crippen molar-refractivity contribution in [3.63, 3.8) is 0 Å². The third kappa shape index (κ3) is 51.6. The van der Waals surface area contributed by atoms with Gasteiger partial charge in [-0.1, -0.05) is 114 Å². The Morgan fingerprint density at radius 2 is 0.318 bits per heavy atom. The average Bonchev–Trinajstić information content (AvgIpc) is 2.73. The highest BCUT2D eigenvalue weighted by atomic mass is 16.2. The predicted molar refractivity (Wildman–Crippen MR) is 103 cm³/mol. The molecule has 0 unspecified atom stereocenters. The molecule has 0 amide bonds. The molecule has 0 fully saturated rings. The van der Waals surface area contributed by atoms with Crippen LogP contribution < -0.4 is 0 Å². The average molecular weight is 311 g/mol. The molecule has 0 aliphatic rings. The van der Waals surface area contributed by atoms with E-state index in [0.29, 0.717) is 0 Å². The Labute approximate surface area is 139 Å². The first-order valence-electron chi connectivity index (χ1n) is 7.89. The molecule has 0 saturated heterocycles. The molecule has 0 spiro atoms. The molecule has 0 aromatic heterocycles. The molecule has 2 aromatic carbocycles. The highest BCUT2D eigenvalue weighted by Gasteiger charge is 1.58. The van der Waals surface area contributed by atoms with Gasteiger partial charge in [0.1, 0.15) is 0 Å². The minimum Gasteiger partial charge on any atom is -0.400 e. The van der Waals surface area contributed by atoms with E-state index in [4.69, 9.17) is 10.2 Å². The Kier molecular flexibility index (Phi) is 89.4. The minimum absolute atomic E-state index is 1.00. The van der Waals surface area contributed by atoms with E-state index in [9.17, 15) is 0 Å². The fourth-order valence-electron chi connectivity index (χ4n) is 0.770. The quantitative estimate of drug-likeness (QED) is 0.658. The van der Waals surface area contributed by atoms with E-state index in [1.807, 2.05) is 114 Å². The van der Waals surface area contributed by atoms with Gasteiger partial charge in [-0.25, -0.2) is 0 Å². The van der Waals surface area contributed by atoms with E-state index >= 15 is 0 Å². The maximum atomic E-state index is 7.00. The molecule has 0 aliphatic heterocycles. The normalized spacial score (nSPS) is 5.73. The van der Waals surface area contributed by atoms with Crippen molar-refractivity contribution in [2.24, 2.45) is 0 Å². The molecule has 2 nitrogen and oxygen atoms in total. The van der Waals surface area contributed by atoms with Gasteiger partial charge in [-0.05, 0) is 0 Å². The molecule has 2 aromatic rings. The first kappa shape index (κ1) is 32.3. The van der Waals surface area contributed by atoms with Crippen molar-refractivity contribution in [3.05, 3.63) is 72.8 Å². The highest BCUT2D eigenvalue weighted by Crippen LogP contribution is 1.80. The van der Waals surface area contributed by atoms with Crippen LogP contribution in [0.1, 0.15) is 41.5 Å². The lowest BCUT2D eigenvalue weighted by atomic mass is 10.4. The zero-order valence-corrected chi connectivity index (χ0v) is 15.8. The zero-order valence-electron chi connectivity index (χ0n) is 15.8. The van der Waals surface area contributed by atoms with E-state index < -0.39 is 0 Å². The molecule has 22 heavy (non-hydrogen) atoms. The fourth-order valence-corrected chi connectivity index (χ4v) is 0.770. The molecular weight excluding hydrogens is 272 g/mol. The van der Waals surface area contributed by atoms with Crippen molar-refractivity contribution in [1.82, 2.24) is 0 Å². The first-order chi connectivity index (χ1) is 11.0. The highest BCUT2D eigenvalue weighted by molar-refractivity contribution is 4.99. The summed E-state index contributed by atoms with van der Waals surface area (Å²) in [6, 6.07) is 24.0. The summed E-state index contributed by atoms with van der Waals surface area (Å²) in [5.41, 5.74) is 0. The van der Waals surface area contributed by atoms with Crippen LogP contribution >= 0.6 is 0 Å². The summed E-state index contributed by atoms with van der Waals surface area (Å²) < 4.78 is 0. The van der Waals surface area contributed by atoms with Gasteiger partial charge in [0.25, 0.3) is 0 Å². The molecule has 2 heteroatoms. The van der Waals surface area contributed by atoms with Crippen LogP contribution in [0.3, 0.4) is 0 Å². The number of hydrogen-bond donors (Lipinski definition) is 2. The molecule has 2 rings (SSSR count). The number of aliphatic hydroxyl groups excluding tert-OH is 2. The summed E-state index contributed by atoms with van der Waals surface area (Å²) in [4.78, 5) is 0. The predicted octanol–water partition coefficient (Wildman–Crippen LogP) is 5.67. The molecule has 0 aliphatic carbocycles. The third-order valence-corrected chi connectivity index (χ3v) is 1.33. The van der Waals surface area contributed by atoms with Crippen LogP contribution in [0.4, 0.5) is 0 Å². The zero-order chi connectivity index (χ0) is 18.5. The molecule has 0 bridgehead atoms. The number of aliphatic hydroxyl groups is 2. The molecule has 0 radical (unpaired) electrons. The lowest BCUT2D eigenvalue weighted by Gasteiger charge is -1.69. The lowest BCUT2D eigenvalue weighted by Crippen LogP contribution is -1.47. The van der Waals surface area contributed by atoms with Gasteiger partial charge in [0.05, 0.1) is 0 Å². The monoisotopic (exact) mass is 310 g/mol. The van der Waals surface area contributed by atoms with E-state index in [-0.39, 0.29) is 0 Å². The van der Waals surface area contributed by atoms with Gasteiger partial charge in [0.15, 0.2) is 0 Å². The molecular formula is C20H38O2.